The SMILES string of the molecule is CCCN(C(=O)NC1CCOC1)C1(CN)CCCC(C)C1. The van der Waals surface area contributed by atoms with Crippen molar-refractivity contribution >= 4 is 6.03 Å². The summed E-state index contributed by atoms with van der Waals surface area (Å²) in [6.07, 6.45) is 6.35. The van der Waals surface area contributed by atoms with Crippen molar-refractivity contribution in [3.63, 3.8) is 0 Å². The fraction of sp³-hybridized carbons (Fsp3) is 0.938. The Morgan fingerprint density at radius 1 is 1.48 bits per heavy atom. The fourth-order valence-corrected chi connectivity index (χ4v) is 3.85. The molecule has 1 saturated carbocycles. The average Bonchev–Trinajstić information content (AvgIpc) is 2.97. The molecule has 3 unspecified atom stereocenters. The van der Waals surface area contributed by atoms with Gasteiger partial charge in [0.2, 0.25) is 0 Å². The summed E-state index contributed by atoms with van der Waals surface area (Å²) in [6, 6.07) is 0.208. The van der Waals surface area contributed by atoms with Crippen LogP contribution in [0.1, 0.15) is 52.4 Å². The number of carbonyl (C=O) groups is 1. The molecule has 0 spiro atoms. The largest absolute Gasteiger partial charge is 0.379 e. The zero-order chi connectivity index (χ0) is 15.3. The van der Waals surface area contributed by atoms with Crippen LogP contribution in [0.5, 0.6) is 0 Å². The van der Waals surface area contributed by atoms with Gasteiger partial charge in [-0.05, 0) is 31.6 Å². The third-order valence-electron chi connectivity index (χ3n) is 4.97. The van der Waals surface area contributed by atoms with Crippen LogP contribution in [-0.4, -0.2) is 48.8 Å². The third-order valence-corrected chi connectivity index (χ3v) is 4.97. The molecular formula is C16H31N3O2. The highest BCUT2D eigenvalue weighted by Gasteiger charge is 2.41. The van der Waals surface area contributed by atoms with Crippen LogP contribution >= 0.6 is 0 Å². The maximum Gasteiger partial charge on any atom is 0.318 e. The number of nitrogens with two attached hydrogens (primary N) is 1. The Hall–Kier alpha value is -0.810. The molecule has 3 N–H and O–H groups in total. The van der Waals surface area contributed by atoms with E-state index in [1.165, 1.54) is 12.8 Å². The minimum Gasteiger partial charge on any atom is -0.379 e. The highest BCUT2D eigenvalue weighted by Crippen LogP contribution is 2.36. The van der Waals surface area contributed by atoms with Gasteiger partial charge in [0, 0.05) is 19.7 Å². The van der Waals surface area contributed by atoms with E-state index >= 15 is 0 Å². The third kappa shape index (κ3) is 3.89. The normalized spacial score (nSPS) is 32.9. The van der Waals surface area contributed by atoms with Gasteiger partial charge in [-0.15, -0.1) is 0 Å². The number of amides is 2. The number of nitrogens with one attached hydrogen (secondary N) is 1. The molecule has 0 bridgehead atoms. The fourth-order valence-electron chi connectivity index (χ4n) is 3.85. The van der Waals surface area contributed by atoms with E-state index in [0.717, 1.165) is 38.8 Å². The number of rotatable bonds is 5. The predicted octanol–water partition coefficient (Wildman–Crippen LogP) is 2.10. The first kappa shape index (κ1) is 16.6. The number of urea groups is 1. The number of hydrogen-bond donors (Lipinski definition) is 2. The highest BCUT2D eigenvalue weighted by atomic mass is 16.5. The molecule has 2 rings (SSSR count). The summed E-state index contributed by atoms with van der Waals surface area (Å²) in [5, 5.41) is 3.14. The Balaban J connectivity index is 2.08. The van der Waals surface area contributed by atoms with Gasteiger partial charge < -0.3 is 20.7 Å². The molecule has 5 nitrogen and oxygen atoms in total. The average molecular weight is 297 g/mol. The molecule has 0 aromatic carbocycles. The van der Waals surface area contributed by atoms with E-state index in [4.69, 9.17) is 10.5 Å². The first-order valence-corrected chi connectivity index (χ1v) is 8.47. The van der Waals surface area contributed by atoms with Crippen LogP contribution in [0.4, 0.5) is 4.79 Å². The topological polar surface area (TPSA) is 67.6 Å². The van der Waals surface area contributed by atoms with Crippen molar-refractivity contribution < 1.29 is 9.53 Å². The van der Waals surface area contributed by atoms with E-state index in [-0.39, 0.29) is 17.6 Å². The molecule has 0 radical (unpaired) electrons. The second-order valence-corrected chi connectivity index (χ2v) is 6.79. The van der Waals surface area contributed by atoms with Crippen LogP contribution in [0.3, 0.4) is 0 Å². The molecule has 1 saturated heterocycles. The van der Waals surface area contributed by atoms with E-state index in [0.29, 0.717) is 19.1 Å². The van der Waals surface area contributed by atoms with E-state index in [1.54, 1.807) is 0 Å². The first-order chi connectivity index (χ1) is 10.1. The molecule has 0 aromatic rings. The summed E-state index contributed by atoms with van der Waals surface area (Å²) >= 11 is 0. The predicted molar refractivity (Wildman–Crippen MR) is 84.2 cm³/mol. The van der Waals surface area contributed by atoms with Gasteiger partial charge >= 0.3 is 6.03 Å². The molecule has 2 aliphatic rings. The number of carbonyl (C=O) groups excluding carboxylic acids is 1. The molecule has 2 amide bonds. The quantitative estimate of drug-likeness (QED) is 0.816. The maximum atomic E-state index is 12.8. The molecule has 122 valence electrons. The number of ether oxygens (including phenoxy) is 1. The molecule has 5 heteroatoms. The summed E-state index contributed by atoms with van der Waals surface area (Å²) in [5.41, 5.74) is 5.98. The summed E-state index contributed by atoms with van der Waals surface area (Å²) in [4.78, 5) is 14.8. The zero-order valence-corrected chi connectivity index (χ0v) is 13.6. The molecular weight excluding hydrogens is 266 g/mol. The van der Waals surface area contributed by atoms with E-state index in [1.807, 2.05) is 4.90 Å². The number of hydrogen-bond acceptors (Lipinski definition) is 3. The van der Waals surface area contributed by atoms with Crippen molar-refractivity contribution in [2.75, 3.05) is 26.3 Å². The van der Waals surface area contributed by atoms with Crippen molar-refractivity contribution in [3.8, 4) is 0 Å². The molecule has 2 fully saturated rings. The van der Waals surface area contributed by atoms with E-state index in [9.17, 15) is 4.79 Å². The van der Waals surface area contributed by atoms with Crippen LogP contribution in [0, 0.1) is 5.92 Å². The Bertz CT molecular complexity index is 344. The lowest BCUT2D eigenvalue weighted by Gasteiger charge is -2.47. The Morgan fingerprint density at radius 3 is 2.86 bits per heavy atom. The lowest BCUT2D eigenvalue weighted by Crippen LogP contribution is -2.61. The van der Waals surface area contributed by atoms with Gasteiger partial charge in [-0.1, -0.05) is 26.7 Å². The van der Waals surface area contributed by atoms with Crippen LogP contribution < -0.4 is 11.1 Å². The standard InChI is InChI=1S/C16H31N3O2/c1-3-8-19(15(20)18-14-6-9-21-11-14)16(12-17)7-4-5-13(2)10-16/h13-14H,3-12,17H2,1-2H3,(H,18,20). The highest BCUT2D eigenvalue weighted by molar-refractivity contribution is 5.75. The van der Waals surface area contributed by atoms with Crippen molar-refractivity contribution in [2.24, 2.45) is 11.7 Å². The van der Waals surface area contributed by atoms with Crippen LogP contribution in [0.2, 0.25) is 0 Å². The Morgan fingerprint density at radius 2 is 2.29 bits per heavy atom. The van der Waals surface area contributed by atoms with Crippen molar-refractivity contribution in [1.82, 2.24) is 10.2 Å². The molecule has 21 heavy (non-hydrogen) atoms. The van der Waals surface area contributed by atoms with Gasteiger partial charge in [-0.25, -0.2) is 4.79 Å². The summed E-state index contributed by atoms with van der Waals surface area (Å²) in [5.74, 6) is 0.643. The molecule has 3 atom stereocenters. The number of nitrogens with zero attached hydrogens (tertiary/aromatic N) is 1. The maximum absolute atomic E-state index is 12.8. The monoisotopic (exact) mass is 297 g/mol. The lowest BCUT2D eigenvalue weighted by molar-refractivity contribution is 0.0640. The van der Waals surface area contributed by atoms with Gasteiger partial charge in [-0.2, -0.15) is 0 Å². The van der Waals surface area contributed by atoms with Crippen LogP contribution in [-0.2, 0) is 4.74 Å². The molecule has 0 aromatic heterocycles. The van der Waals surface area contributed by atoms with E-state index < -0.39 is 0 Å². The van der Waals surface area contributed by atoms with Gasteiger partial charge in [0.05, 0.1) is 18.2 Å². The summed E-state index contributed by atoms with van der Waals surface area (Å²) < 4.78 is 5.35. The van der Waals surface area contributed by atoms with Gasteiger partial charge in [0.1, 0.15) is 0 Å². The van der Waals surface area contributed by atoms with Crippen LogP contribution in [0.15, 0.2) is 0 Å². The Kier molecular flexibility index (Phi) is 5.88. The van der Waals surface area contributed by atoms with E-state index in [2.05, 4.69) is 19.2 Å². The first-order valence-electron chi connectivity index (χ1n) is 8.47. The van der Waals surface area contributed by atoms with Crippen LogP contribution in [0.25, 0.3) is 0 Å². The second-order valence-electron chi connectivity index (χ2n) is 6.79. The van der Waals surface area contributed by atoms with Crippen molar-refractivity contribution in [2.45, 2.75) is 64.0 Å². The van der Waals surface area contributed by atoms with Gasteiger partial charge in [-0.3, -0.25) is 0 Å². The van der Waals surface area contributed by atoms with Gasteiger partial charge in [0.15, 0.2) is 0 Å². The second kappa shape index (κ2) is 7.45. The van der Waals surface area contributed by atoms with Gasteiger partial charge in [0.25, 0.3) is 0 Å². The van der Waals surface area contributed by atoms with Crippen molar-refractivity contribution in [3.05, 3.63) is 0 Å². The van der Waals surface area contributed by atoms with Crippen molar-refractivity contribution in [1.29, 1.82) is 0 Å². The smallest absolute Gasteiger partial charge is 0.318 e. The summed E-state index contributed by atoms with van der Waals surface area (Å²) in [7, 11) is 0. The molecule has 1 aliphatic carbocycles. The Labute approximate surface area is 128 Å². The molecule has 1 aliphatic heterocycles. The zero-order valence-electron chi connectivity index (χ0n) is 13.6. The minimum atomic E-state index is -0.156. The lowest BCUT2D eigenvalue weighted by atomic mass is 9.75. The summed E-state index contributed by atoms with van der Waals surface area (Å²) in [6.45, 7) is 7.12. The minimum absolute atomic E-state index is 0.0481. The molecule has 1 heterocycles.